The van der Waals surface area contributed by atoms with E-state index in [-0.39, 0.29) is 37.2 Å². The van der Waals surface area contributed by atoms with Crippen molar-refractivity contribution in [2.75, 3.05) is 6.61 Å². The maximum Gasteiger partial charge on any atom is 0.306 e. The Balaban J connectivity index is 1.43. The zero-order chi connectivity index (χ0) is 20.8. The number of nitrogens with one attached hydrogen (secondary N) is 1. The Labute approximate surface area is 171 Å². The second-order valence-electron chi connectivity index (χ2n) is 7.68. The smallest absolute Gasteiger partial charge is 0.306 e. The van der Waals surface area contributed by atoms with E-state index in [1.54, 1.807) is 6.07 Å². The van der Waals surface area contributed by atoms with Crippen molar-refractivity contribution in [1.29, 1.82) is 0 Å². The van der Waals surface area contributed by atoms with Crippen LogP contribution in [0, 0.1) is 19.8 Å². The molecule has 1 unspecified atom stereocenters. The maximum atomic E-state index is 12.2. The predicted molar refractivity (Wildman–Crippen MR) is 110 cm³/mol. The number of hydrogen-bond acceptors (Lipinski definition) is 4. The Morgan fingerprint density at radius 1 is 1.00 bits per heavy atom. The first kappa shape index (κ1) is 20.8. The predicted octanol–water partition coefficient (Wildman–Crippen LogP) is 4.08. The van der Waals surface area contributed by atoms with Crippen molar-refractivity contribution in [3.05, 3.63) is 70.8 Å². The zero-order valence-corrected chi connectivity index (χ0v) is 16.9. The molecular weight excluding hydrogens is 366 g/mol. The summed E-state index contributed by atoms with van der Waals surface area (Å²) in [5.74, 6) is -0.528. The van der Waals surface area contributed by atoms with Crippen LogP contribution in [-0.4, -0.2) is 24.3 Å². The molecule has 29 heavy (non-hydrogen) atoms. The Morgan fingerprint density at radius 2 is 1.72 bits per heavy atom. The number of aryl methyl sites for hydroxylation is 2. The normalized spacial score (nSPS) is 14.1. The molecule has 1 atom stereocenters. The van der Waals surface area contributed by atoms with Crippen molar-refractivity contribution in [3.63, 3.8) is 0 Å². The topological polar surface area (TPSA) is 72.5 Å². The first-order valence-corrected chi connectivity index (χ1v) is 10.0. The summed E-state index contributed by atoms with van der Waals surface area (Å²) in [6.07, 6.45) is 2.20. The van der Waals surface area contributed by atoms with Crippen molar-refractivity contribution < 1.29 is 19.1 Å². The van der Waals surface area contributed by atoms with Gasteiger partial charge in [0.2, 0.25) is 0 Å². The Bertz CT molecular complexity index is 887. The number of ether oxygens (including phenoxy) is 1. The van der Waals surface area contributed by atoms with Gasteiger partial charge in [-0.25, -0.2) is 0 Å². The van der Waals surface area contributed by atoms with Crippen LogP contribution in [0.2, 0.25) is 0 Å². The van der Waals surface area contributed by atoms with Gasteiger partial charge in [-0.05, 0) is 55.4 Å². The van der Waals surface area contributed by atoms with Crippen LogP contribution in [0.4, 0.5) is 0 Å². The summed E-state index contributed by atoms with van der Waals surface area (Å²) < 4.78 is 5.07. The third-order valence-corrected chi connectivity index (χ3v) is 5.32. The number of benzene rings is 2. The molecular formula is C24H27NO4. The van der Waals surface area contributed by atoms with Crippen LogP contribution in [0.1, 0.15) is 58.8 Å². The number of rotatable bonds is 9. The van der Waals surface area contributed by atoms with E-state index in [0.29, 0.717) is 11.5 Å². The molecule has 2 aromatic carbocycles. The molecule has 0 spiro atoms. The van der Waals surface area contributed by atoms with E-state index in [0.717, 1.165) is 29.5 Å². The molecule has 5 nitrogen and oxygen atoms in total. The van der Waals surface area contributed by atoms with Gasteiger partial charge in [-0.15, -0.1) is 0 Å². The molecule has 2 aromatic rings. The van der Waals surface area contributed by atoms with Crippen LogP contribution in [0.3, 0.4) is 0 Å². The van der Waals surface area contributed by atoms with Gasteiger partial charge in [-0.3, -0.25) is 14.4 Å². The molecule has 0 aliphatic heterocycles. The van der Waals surface area contributed by atoms with Gasteiger partial charge < -0.3 is 10.1 Å². The molecule has 0 saturated heterocycles. The maximum absolute atomic E-state index is 12.2. The minimum Gasteiger partial charge on any atom is -0.456 e. The lowest BCUT2D eigenvalue weighted by molar-refractivity contribution is -0.148. The third kappa shape index (κ3) is 6.01. The molecule has 1 amide bonds. The van der Waals surface area contributed by atoms with Gasteiger partial charge in [0.15, 0.2) is 12.4 Å². The number of Topliss-reactive ketones (excluding diaryl/α,β-unsaturated/α-hetero) is 1. The summed E-state index contributed by atoms with van der Waals surface area (Å²) in [6, 6.07) is 15.3. The van der Waals surface area contributed by atoms with Crippen molar-refractivity contribution in [2.45, 2.75) is 45.6 Å². The molecule has 0 aromatic heterocycles. The van der Waals surface area contributed by atoms with E-state index in [2.05, 4.69) is 5.32 Å². The summed E-state index contributed by atoms with van der Waals surface area (Å²) in [5, 5.41) is 2.97. The van der Waals surface area contributed by atoms with Crippen LogP contribution in [0.5, 0.6) is 0 Å². The summed E-state index contributed by atoms with van der Waals surface area (Å²) in [4.78, 5) is 36.4. The lowest BCUT2D eigenvalue weighted by Gasteiger charge is -2.18. The van der Waals surface area contributed by atoms with Gasteiger partial charge in [0.25, 0.3) is 5.91 Å². The van der Waals surface area contributed by atoms with Gasteiger partial charge in [0.05, 0.1) is 12.5 Å². The van der Waals surface area contributed by atoms with Crippen molar-refractivity contribution in [2.24, 2.45) is 5.92 Å². The monoisotopic (exact) mass is 393 g/mol. The highest BCUT2D eigenvalue weighted by atomic mass is 16.5. The van der Waals surface area contributed by atoms with Crippen molar-refractivity contribution in [1.82, 2.24) is 5.32 Å². The first-order valence-electron chi connectivity index (χ1n) is 10.0. The highest BCUT2D eigenvalue weighted by molar-refractivity contribution is 5.97. The molecule has 1 aliphatic carbocycles. The van der Waals surface area contributed by atoms with Crippen molar-refractivity contribution >= 4 is 17.7 Å². The number of carbonyl (C=O) groups excluding carboxylic acids is 3. The fourth-order valence-corrected chi connectivity index (χ4v) is 3.27. The molecule has 1 N–H and O–H groups in total. The second kappa shape index (κ2) is 9.50. The average Bonchev–Trinajstić information content (AvgIpc) is 3.56. The van der Waals surface area contributed by atoms with Gasteiger partial charge >= 0.3 is 5.97 Å². The Hall–Kier alpha value is -2.95. The summed E-state index contributed by atoms with van der Waals surface area (Å²) >= 11 is 0. The van der Waals surface area contributed by atoms with E-state index in [1.807, 2.05) is 56.3 Å². The molecule has 0 heterocycles. The molecule has 152 valence electrons. The standard InChI is InChI=1S/C24H27NO4/c1-16-8-9-20(14-17(16)2)21(26)12-13-23(28)29-15-22(27)25-24(19-10-11-19)18-6-4-3-5-7-18/h3-9,14,19,24H,10-13,15H2,1-2H3,(H,25,27). The van der Waals surface area contributed by atoms with E-state index in [9.17, 15) is 14.4 Å². The van der Waals surface area contributed by atoms with Crippen LogP contribution < -0.4 is 5.32 Å². The molecule has 1 saturated carbocycles. The summed E-state index contributed by atoms with van der Waals surface area (Å²) in [5.41, 5.74) is 3.81. The first-order chi connectivity index (χ1) is 13.9. The number of hydrogen-bond donors (Lipinski definition) is 1. The van der Waals surface area contributed by atoms with Crippen LogP contribution in [0.15, 0.2) is 48.5 Å². The molecule has 3 rings (SSSR count). The second-order valence-corrected chi connectivity index (χ2v) is 7.68. The van der Waals surface area contributed by atoms with Gasteiger partial charge in [0.1, 0.15) is 0 Å². The SMILES string of the molecule is Cc1ccc(C(=O)CCC(=O)OCC(=O)NC(c2ccccc2)C2CC2)cc1C. The molecule has 1 fully saturated rings. The van der Waals surface area contributed by atoms with Crippen LogP contribution in [0.25, 0.3) is 0 Å². The lowest BCUT2D eigenvalue weighted by Crippen LogP contribution is -2.33. The average molecular weight is 393 g/mol. The fraction of sp³-hybridized carbons (Fsp3) is 0.375. The molecule has 1 aliphatic rings. The van der Waals surface area contributed by atoms with Crippen LogP contribution in [-0.2, 0) is 14.3 Å². The molecule has 5 heteroatoms. The minimum atomic E-state index is -0.542. The van der Waals surface area contributed by atoms with E-state index < -0.39 is 5.97 Å². The minimum absolute atomic E-state index is 0.0379. The van der Waals surface area contributed by atoms with Crippen LogP contribution >= 0.6 is 0 Å². The summed E-state index contributed by atoms with van der Waals surface area (Å²) in [6.45, 7) is 3.60. The Morgan fingerprint density at radius 3 is 2.38 bits per heavy atom. The van der Waals surface area contributed by atoms with E-state index in [4.69, 9.17) is 4.74 Å². The largest absolute Gasteiger partial charge is 0.456 e. The fourth-order valence-electron chi connectivity index (χ4n) is 3.27. The highest BCUT2D eigenvalue weighted by Gasteiger charge is 2.33. The lowest BCUT2D eigenvalue weighted by atomic mass is 10.0. The molecule has 0 bridgehead atoms. The number of amides is 1. The van der Waals surface area contributed by atoms with E-state index >= 15 is 0 Å². The van der Waals surface area contributed by atoms with Crippen molar-refractivity contribution in [3.8, 4) is 0 Å². The highest BCUT2D eigenvalue weighted by Crippen LogP contribution is 2.40. The quantitative estimate of drug-likeness (QED) is 0.515. The number of esters is 1. The molecule has 0 radical (unpaired) electrons. The van der Waals surface area contributed by atoms with Gasteiger partial charge in [0, 0.05) is 12.0 Å². The number of ketones is 1. The summed E-state index contributed by atoms with van der Waals surface area (Å²) in [7, 11) is 0. The Kier molecular flexibility index (Phi) is 6.81. The zero-order valence-electron chi connectivity index (χ0n) is 16.9. The van der Waals surface area contributed by atoms with E-state index in [1.165, 1.54) is 0 Å². The number of carbonyl (C=O) groups is 3. The third-order valence-electron chi connectivity index (χ3n) is 5.32. The van der Waals surface area contributed by atoms with Gasteiger partial charge in [-0.2, -0.15) is 0 Å². The van der Waals surface area contributed by atoms with Gasteiger partial charge in [-0.1, -0.05) is 42.5 Å².